The van der Waals surface area contributed by atoms with E-state index in [1.165, 1.54) is 16.8 Å². The normalized spacial score (nSPS) is 10.9. The van der Waals surface area contributed by atoms with Crippen LogP contribution in [0.5, 0.6) is 0 Å². The van der Waals surface area contributed by atoms with Crippen LogP contribution < -0.4 is 5.32 Å². The monoisotopic (exact) mass is 272 g/mol. The van der Waals surface area contributed by atoms with Crippen LogP contribution in [0.4, 0.5) is 10.1 Å². The van der Waals surface area contributed by atoms with Crippen molar-refractivity contribution in [1.29, 1.82) is 5.26 Å². The van der Waals surface area contributed by atoms with Crippen LogP contribution in [0.25, 0.3) is 0 Å². The fourth-order valence-corrected chi connectivity index (χ4v) is 1.66. The van der Waals surface area contributed by atoms with Gasteiger partial charge in [-0.05, 0) is 38.1 Å². The Morgan fingerprint density at radius 1 is 1.50 bits per heavy atom. The summed E-state index contributed by atoms with van der Waals surface area (Å²) in [5.74, 6) is -1.04. The van der Waals surface area contributed by atoms with Gasteiger partial charge in [-0.15, -0.1) is 0 Å². The van der Waals surface area contributed by atoms with Gasteiger partial charge in [0, 0.05) is 12.4 Å². The van der Waals surface area contributed by atoms with Gasteiger partial charge in [-0.1, -0.05) is 0 Å². The second kappa shape index (κ2) is 5.13. The van der Waals surface area contributed by atoms with Crippen molar-refractivity contribution in [2.75, 3.05) is 5.32 Å². The van der Waals surface area contributed by atoms with Gasteiger partial charge in [-0.3, -0.25) is 9.48 Å². The van der Waals surface area contributed by atoms with E-state index in [0.29, 0.717) is 0 Å². The van der Waals surface area contributed by atoms with E-state index >= 15 is 0 Å². The molecule has 1 heterocycles. The number of halogens is 1. The fraction of sp³-hybridized carbons (Fsp3) is 0.214. The first-order chi connectivity index (χ1) is 9.45. The van der Waals surface area contributed by atoms with E-state index in [2.05, 4.69) is 10.4 Å². The number of nitrogens with zero attached hydrogens (tertiary/aromatic N) is 3. The fourth-order valence-electron chi connectivity index (χ4n) is 1.66. The second-order valence-corrected chi connectivity index (χ2v) is 4.77. The molecule has 0 saturated carbocycles. The number of aromatic nitrogens is 2. The van der Waals surface area contributed by atoms with Crippen LogP contribution in [0.3, 0.4) is 0 Å². The number of hydrogen-bond acceptors (Lipinski definition) is 3. The summed E-state index contributed by atoms with van der Waals surface area (Å²) < 4.78 is 15.2. The lowest BCUT2D eigenvalue weighted by Crippen LogP contribution is -2.40. The van der Waals surface area contributed by atoms with Crippen molar-refractivity contribution in [3.63, 3.8) is 0 Å². The van der Waals surface area contributed by atoms with Crippen molar-refractivity contribution in [3.05, 3.63) is 48.0 Å². The lowest BCUT2D eigenvalue weighted by molar-refractivity contribution is -0.123. The summed E-state index contributed by atoms with van der Waals surface area (Å²) in [7, 11) is 0. The highest BCUT2D eigenvalue weighted by molar-refractivity contribution is 5.96. The first kappa shape index (κ1) is 13.7. The topological polar surface area (TPSA) is 70.7 Å². The van der Waals surface area contributed by atoms with Gasteiger partial charge in [0.05, 0.1) is 17.3 Å². The molecule has 20 heavy (non-hydrogen) atoms. The van der Waals surface area contributed by atoms with Crippen LogP contribution in [-0.2, 0) is 10.3 Å². The molecule has 5 nitrogen and oxygen atoms in total. The van der Waals surface area contributed by atoms with Gasteiger partial charge in [0.25, 0.3) is 5.91 Å². The predicted octanol–water partition coefficient (Wildman–Crippen LogP) is 2.27. The Kier molecular flexibility index (Phi) is 3.53. The Morgan fingerprint density at radius 3 is 2.80 bits per heavy atom. The van der Waals surface area contributed by atoms with Gasteiger partial charge < -0.3 is 5.32 Å². The molecule has 2 aromatic rings. The average molecular weight is 272 g/mol. The van der Waals surface area contributed by atoms with Crippen LogP contribution >= 0.6 is 0 Å². The Morgan fingerprint density at radius 2 is 2.25 bits per heavy atom. The van der Waals surface area contributed by atoms with Crippen LogP contribution in [0.2, 0.25) is 0 Å². The molecule has 0 spiro atoms. The highest BCUT2D eigenvalue weighted by atomic mass is 19.1. The van der Waals surface area contributed by atoms with Gasteiger partial charge in [0.1, 0.15) is 11.4 Å². The molecule has 0 saturated heterocycles. The minimum Gasteiger partial charge on any atom is -0.321 e. The van der Waals surface area contributed by atoms with Gasteiger partial charge in [-0.2, -0.15) is 10.4 Å². The zero-order valence-corrected chi connectivity index (χ0v) is 11.1. The summed E-state index contributed by atoms with van der Waals surface area (Å²) in [6, 6.07) is 7.43. The lowest BCUT2D eigenvalue weighted by Gasteiger charge is -2.24. The molecule has 1 aromatic heterocycles. The molecule has 1 N–H and O–H groups in total. The van der Waals surface area contributed by atoms with Crippen molar-refractivity contribution in [1.82, 2.24) is 9.78 Å². The van der Waals surface area contributed by atoms with Crippen molar-refractivity contribution in [2.24, 2.45) is 0 Å². The third kappa shape index (κ3) is 2.52. The van der Waals surface area contributed by atoms with Gasteiger partial charge in [0.2, 0.25) is 0 Å². The SMILES string of the molecule is CC(C)(C(=O)Nc1ccc(C#N)cc1F)n1cccn1. The molecule has 0 aliphatic carbocycles. The largest absolute Gasteiger partial charge is 0.321 e. The summed E-state index contributed by atoms with van der Waals surface area (Å²) in [6.45, 7) is 3.35. The van der Waals surface area contributed by atoms with Crippen LogP contribution in [0, 0.1) is 17.1 Å². The molecule has 6 heteroatoms. The molecular formula is C14H13FN4O. The Hall–Kier alpha value is -2.68. The smallest absolute Gasteiger partial charge is 0.251 e. The zero-order chi connectivity index (χ0) is 14.8. The van der Waals surface area contributed by atoms with Crippen molar-refractivity contribution in [3.8, 4) is 6.07 Å². The maximum absolute atomic E-state index is 13.7. The highest BCUT2D eigenvalue weighted by Gasteiger charge is 2.30. The van der Waals surface area contributed by atoms with Gasteiger partial charge >= 0.3 is 0 Å². The minimum absolute atomic E-state index is 0.0363. The number of amides is 1. The molecule has 0 aliphatic rings. The van der Waals surface area contributed by atoms with Crippen LogP contribution in [0.1, 0.15) is 19.4 Å². The maximum Gasteiger partial charge on any atom is 0.251 e. The van der Waals surface area contributed by atoms with E-state index < -0.39 is 17.3 Å². The molecule has 102 valence electrons. The third-order valence-electron chi connectivity index (χ3n) is 2.98. The number of carbonyl (C=O) groups excluding carboxylic acids is 1. The average Bonchev–Trinajstić information content (AvgIpc) is 2.95. The van der Waals surface area contributed by atoms with Gasteiger partial charge in [0.15, 0.2) is 0 Å². The van der Waals surface area contributed by atoms with Crippen molar-refractivity contribution in [2.45, 2.75) is 19.4 Å². The molecule has 0 unspecified atom stereocenters. The predicted molar refractivity (Wildman–Crippen MR) is 71.3 cm³/mol. The van der Waals surface area contributed by atoms with Crippen LogP contribution in [-0.4, -0.2) is 15.7 Å². The van der Waals surface area contributed by atoms with E-state index in [1.54, 1.807) is 32.3 Å². The summed E-state index contributed by atoms with van der Waals surface area (Å²) in [5, 5.41) is 15.2. The van der Waals surface area contributed by atoms with Gasteiger partial charge in [-0.25, -0.2) is 4.39 Å². The quantitative estimate of drug-likeness (QED) is 0.931. The Labute approximate surface area is 115 Å². The standard InChI is InChI=1S/C14H13FN4O/c1-14(2,19-7-3-6-17-19)13(20)18-12-5-4-10(9-16)8-11(12)15/h3-8H,1-2H3,(H,18,20). The number of benzene rings is 1. The number of rotatable bonds is 3. The molecule has 2 rings (SSSR count). The minimum atomic E-state index is -0.955. The van der Waals surface area contributed by atoms with Crippen molar-refractivity contribution >= 4 is 11.6 Å². The number of carbonyl (C=O) groups is 1. The molecular weight excluding hydrogens is 259 g/mol. The van der Waals surface area contributed by atoms with E-state index in [-0.39, 0.29) is 11.3 Å². The van der Waals surface area contributed by atoms with E-state index in [1.807, 2.05) is 6.07 Å². The summed E-state index contributed by atoms with van der Waals surface area (Å²) in [4.78, 5) is 12.2. The summed E-state index contributed by atoms with van der Waals surface area (Å²) in [6.07, 6.45) is 3.23. The van der Waals surface area contributed by atoms with Crippen LogP contribution in [0.15, 0.2) is 36.7 Å². The third-order valence-corrected chi connectivity index (χ3v) is 2.98. The maximum atomic E-state index is 13.7. The lowest BCUT2D eigenvalue weighted by atomic mass is 10.0. The van der Waals surface area contributed by atoms with E-state index in [0.717, 1.165) is 6.07 Å². The molecule has 0 fully saturated rings. The molecule has 1 aromatic carbocycles. The Bertz CT molecular complexity index is 671. The van der Waals surface area contributed by atoms with E-state index in [4.69, 9.17) is 5.26 Å². The molecule has 0 bridgehead atoms. The molecule has 0 radical (unpaired) electrons. The number of anilines is 1. The zero-order valence-electron chi connectivity index (χ0n) is 11.1. The van der Waals surface area contributed by atoms with E-state index in [9.17, 15) is 9.18 Å². The number of nitrogens with one attached hydrogen (secondary N) is 1. The summed E-state index contributed by atoms with van der Waals surface area (Å²) in [5.41, 5.74) is -0.717. The first-order valence-corrected chi connectivity index (χ1v) is 5.96. The molecule has 0 aliphatic heterocycles. The number of hydrogen-bond donors (Lipinski definition) is 1. The highest BCUT2D eigenvalue weighted by Crippen LogP contribution is 2.20. The van der Waals surface area contributed by atoms with Crippen molar-refractivity contribution < 1.29 is 9.18 Å². The molecule has 1 amide bonds. The number of nitriles is 1. The summed E-state index contributed by atoms with van der Waals surface area (Å²) >= 11 is 0. The molecule has 0 atom stereocenters. The first-order valence-electron chi connectivity index (χ1n) is 5.96. The second-order valence-electron chi connectivity index (χ2n) is 4.77. The Balaban J connectivity index is 2.22.